The minimum absolute atomic E-state index is 0.933. The zero-order valence-electron chi connectivity index (χ0n) is 13.5. The van der Waals surface area contributed by atoms with Crippen LogP contribution in [0.15, 0.2) is 73.3 Å². The summed E-state index contributed by atoms with van der Waals surface area (Å²) < 4.78 is 2.17. The number of imidazole rings is 1. The summed E-state index contributed by atoms with van der Waals surface area (Å²) in [6.45, 7) is 8.13. The van der Waals surface area contributed by atoms with E-state index >= 15 is 0 Å². The van der Waals surface area contributed by atoms with Crippen molar-refractivity contribution in [2.24, 2.45) is 0 Å². The molecule has 0 saturated heterocycles. The van der Waals surface area contributed by atoms with Crippen LogP contribution >= 0.6 is 0 Å². The van der Waals surface area contributed by atoms with E-state index in [0.717, 1.165) is 34.0 Å². The summed E-state index contributed by atoms with van der Waals surface area (Å²) in [4.78, 5) is 4.92. The maximum Gasteiger partial charge on any atom is 0.145 e. The molecule has 0 aliphatic carbocycles. The molecule has 0 amide bonds. The first-order valence-electron chi connectivity index (χ1n) is 7.75. The Hall–Kier alpha value is -2.87. The third kappa shape index (κ3) is 2.76. The Balaban J connectivity index is 2.35. The number of rotatable bonds is 4. The van der Waals surface area contributed by atoms with Crippen LogP contribution in [-0.4, -0.2) is 9.55 Å². The van der Waals surface area contributed by atoms with E-state index < -0.39 is 0 Å². The van der Waals surface area contributed by atoms with Gasteiger partial charge in [0, 0.05) is 11.3 Å². The van der Waals surface area contributed by atoms with E-state index in [1.165, 1.54) is 0 Å². The largest absolute Gasteiger partial charge is 0.292 e. The van der Waals surface area contributed by atoms with Crippen LogP contribution in [-0.2, 0) is 0 Å². The number of para-hydroxylation sites is 1. The van der Waals surface area contributed by atoms with Gasteiger partial charge in [-0.15, -0.1) is 0 Å². The number of nitrogens with zero attached hydrogens (tertiary/aromatic N) is 2. The van der Waals surface area contributed by atoms with E-state index in [4.69, 9.17) is 4.98 Å². The zero-order chi connectivity index (χ0) is 16.2. The van der Waals surface area contributed by atoms with Gasteiger partial charge >= 0.3 is 0 Å². The van der Waals surface area contributed by atoms with E-state index in [1.807, 2.05) is 49.4 Å². The third-order valence-corrected chi connectivity index (χ3v) is 3.96. The van der Waals surface area contributed by atoms with Crippen LogP contribution in [0.4, 0.5) is 0 Å². The molecular formula is C21H20N2. The summed E-state index contributed by atoms with van der Waals surface area (Å²) in [5, 5.41) is 0. The molecule has 0 radical (unpaired) electrons. The minimum atomic E-state index is 0.933. The monoisotopic (exact) mass is 300 g/mol. The lowest BCUT2D eigenvalue weighted by Crippen LogP contribution is -1.99. The van der Waals surface area contributed by atoms with E-state index in [-0.39, 0.29) is 0 Å². The number of allylic oxidation sites excluding steroid dienone is 2. The molecule has 0 saturated carbocycles. The predicted octanol–water partition coefficient (Wildman–Crippen LogP) is 5.61. The van der Waals surface area contributed by atoms with Crippen LogP contribution in [0, 0.1) is 0 Å². The normalized spacial score (nSPS) is 11.5. The van der Waals surface area contributed by atoms with E-state index in [2.05, 4.69) is 48.4 Å². The van der Waals surface area contributed by atoms with Crippen molar-refractivity contribution in [2.45, 2.75) is 13.8 Å². The van der Waals surface area contributed by atoms with Crippen molar-refractivity contribution < 1.29 is 0 Å². The van der Waals surface area contributed by atoms with Gasteiger partial charge in [0.25, 0.3) is 0 Å². The SMILES string of the molecule is C=Cc1c(/C(C)=C\C)nc(-c2ccccc2)n1-c1ccccc1. The molecule has 0 spiro atoms. The second-order valence-corrected chi connectivity index (χ2v) is 5.38. The van der Waals surface area contributed by atoms with E-state index in [1.54, 1.807) is 0 Å². The third-order valence-electron chi connectivity index (χ3n) is 3.96. The Morgan fingerprint density at radius 3 is 2.17 bits per heavy atom. The number of benzene rings is 2. The molecule has 0 N–H and O–H groups in total. The van der Waals surface area contributed by atoms with Crippen molar-refractivity contribution in [2.75, 3.05) is 0 Å². The molecule has 0 aliphatic heterocycles. The van der Waals surface area contributed by atoms with Gasteiger partial charge in [-0.1, -0.05) is 61.2 Å². The van der Waals surface area contributed by atoms with Gasteiger partial charge in [0.05, 0.1) is 11.4 Å². The van der Waals surface area contributed by atoms with Crippen LogP contribution in [0.1, 0.15) is 25.2 Å². The number of hydrogen-bond donors (Lipinski definition) is 0. The quantitative estimate of drug-likeness (QED) is 0.612. The van der Waals surface area contributed by atoms with Gasteiger partial charge in [-0.3, -0.25) is 4.57 Å². The molecule has 0 atom stereocenters. The van der Waals surface area contributed by atoms with Gasteiger partial charge in [0.1, 0.15) is 5.82 Å². The van der Waals surface area contributed by atoms with Crippen LogP contribution in [0.25, 0.3) is 28.7 Å². The molecule has 1 heterocycles. The lowest BCUT2D eigenvalue weighted by Gasteiger charge is -2.10. The Morgan fingerprint density at radius 1 is 1.00 bits per heavy atom. The van der Waals surface area contributed by atoms with Gasteiger partial charge in [0.2, 0.25) is 0 Å². The molecule has 2 heteroatoms. The molecule has 0 fully saturated rings. The standard InChI is InChI=1S/C21H20N2/c1-4-16(3)20-19(5-2)23(18-14-10-7-11-15-18)21(22-20)17-12-8-6-9-13-17/h4-15H,2H2,1,3H3/b16-4-. The maximum atomic E-state index is 4.92. The van der Waals surface area contributed by atoms with Crippen molar-refractivity contribution in [1.29, 1.82) is 0 Å². The summed E-state index contributed by atoms with van der Waals surface area (Å²) in [5.74, 6) is 0.933. The summed E-state index contributed by atoms with van der Waals surface area (Å²) in [5.41, 5.74) is 5.32. The molecule has 0 unspecified atom stereocenters. The molecule has 1 aromatic heterocycles. The highest BCUT2D eigenvalue weighted by atomic mass is 15.1. The molecule has 2 aromatic carbocycles. The van der Waals surface area contributed by atoms with Crippen molar-refractivity contribution in [3.05, 3.63) is 84.7 Å². The van der Waals surface area contributed by atoms with Gasteiger partial charge in [-0.05, 0) is 37.6 Å². The van der Waals surface area contributed by atoms with Gasteiger partial charge in [0.15, 0.2) is 0 Å². The molecular weight excluding hydrogens is 280 g/mol. The molecule has 2 nitrogen and oxygen atoms in total. The average molecular weight is 300 g/mol. The lowest BCUT2D eigenvalue weighted by atomic mass is 10.1. The maximum absolute atomic E-state index is 4.92. The summed E-state index contributed by atoms with van der Waals surface area (Å²) >= 11 is 0. The second-order valence-electron chi connectivity index (χ2n) is 5.38. The smallest absolute Gasteiger partial charge is 0.145 e. The highest BCUT2D eigenvalue weighted by Crippen LogP contribution is 2.30. The van der Waals surface area contributed by atoms with E-state index in [0.29, 0.717) is 0 Å². The average Bonchev–Trinajstić information content (AvgIpc) is 3.02. The Bertz CT molecular complexity index is 840. The van der Waals surface area contributed by atoms with Crippen LogP contribution < -0.4 is 0 Å². The summed E-state index contributed by atoms with van der Waals surface area (Å²) in [6.07, 6.45) is 3.97. The number of hydrogen-bond acceptors (Lipinski definition) is 1. The molecule has 0 aliphatic rings. The molecule has 23 heavy (non-hydrogen) atoms. The van der Waals surface area contributed by atoms with Crippen molar-refractivity contribution in [3.63, 3.8) is 0 Å². The second kappa shape index (κ2) is 6.49. The van der Waals surface area contributed by atoms with Crippen LogP contribution in [0.5, 0.6) is 0 Å². The lowest BCUT2D eigenvalue weighted by molar-refractivity contribution is 1.05. The molecule has 0 bridgehead atoms. The topological polar surface area (TPSA) is 17.8 Å². The summed E-state index contributed by atoms with van der Waals surface area (Å²) in [6, 6.07) is 20.6. The summed E-state index contributed by atoms with van der Waals surface area (Å²) in [7, 11) is 0. The van der Waals surface area contributed by atoms with Crippen molar-refractivity contribution in [1.82, 2.24) is 9.55 Å². The van der Waals surface area contributed by atoms with Gasteiger partial charge < -0.3 is 0 Å². The first kappa shape index (κ1) is 15.0. The molecule has 114 valence electrons. The fourth-order valence-corrected chi connectivity index (χ4v) is 2.67. The Morgan fingerprint density at radius 2 is 1.61 bits per heavy atom. The van der Waals surface area contributed by atoms with Crippen LogP contribution in [0.3, 0.4) is 0 Å². The van der Waals surface area contributed by atoms with Gasteiger partial charge in [-0.2, -0.15) is 0 Å². The van der Waals surface area contributed by atoms with Crippen molar-refractivity contribution in [3.8, 4) is 17.1 Å². The minimum Gasteiger partial charge on any atom is -0.292 e. The predicted molar refractivity (Wildman–Crippen MR) is 98.4 cm³/mol. The van der Waals surface area contributed by atoms with Gasteiger partial charge in [-0.25, -0.2) is 4.98 Å². The Labute approximate surface area is 137 Å². The molecule has 3 aromatic rings. The first-order valence-corrected chi connectivity index (χ1v) is 7.75. The fourth-order valence-electron chi connectivity index (χ4n) is 2.67. The van der Waals surface area contributed by atoms with Crippen LogP contribution in [0.2, 0.25) is 0 Å². The number of aromatic nitrogens is 2. The van der Waals surface area contributed by atoms with Crippen molar-refractivity contribution >= 4 is 11.6 Å². The highest BCUT2D eigenvalue weighted by Gasteiger charge is 2.18. The zero-order valence-corrected chi connectivity index (χ0v) is 13.5. The highest BCUT2D eigenvalue weighted by molar-refractivity contribution is 5.74. The molecule has 3 rings (SSSR count). The van der Waals surface area contributed by atoms with E-state index in [9.17, 15) is 0 Å². The Kier molecular flexibility index (Phi) is 4.24. The fraction of sp³-hybridized carbons (Fsp3) is 0.0952. The first-order chi connectivity index (χ1) is 11.3.